The summed E-state index contributed by atoms with van der Waals surface area (Å²) in [5, 5.41) is 26.4. The van der Waals surface area contributed by atoms with E-state index in [1.54, 1.807) is 29.8 Å². The molecule has 10 heteroatoms. The number of fused-ring (bicyclic) bond motifs is 1. The molecule has 0 saturated carbocycles. The van der Waals surface area contributed by atoms with Gasteiger partial charge in [-0.25, -0.2) is 0 Å². The molecule has 1 fully saturated rings. The van der Waals surface area contributed by atoms with E-state index in [-0.39, 0.29) is 4.88 Å². The van der Waals surface area contributed by atoms with Crippen molar-refractivity contribution in [1.82, 2.24) is 15.6 Å². The number of aryl methyl sites for hydroxylation is 1. The first-order valence-electron chi connectivity index (χ1n) is 6.89. The van der Waals surface area contributed by atoms with Crippen LogP contribution >= 0.6 is 11.3 Å². The maximum atomic E-state index is 12.5. The summed E-state index contributed by atoms with van der Waals surface area (Å²) >= 11 is 1.09. The zero-order chi connectivity index (χ0) is 17.7. The van der Waals surface area contributed by atoms with Gasteiger partial charge >= 0.3 is 0 Å². The van der Waals surface area contributed by atoms with Crippen LogP contribution in [0.3, 0.4) is 0 Å². The Kier molecular flexibility index (Phi) is 3.70. The monoisotopic (exact) mass is 345 g/mol. The van der Waals surface area contributed by atoms with Gasteiger partial charge in [-0.2, -0.15) is 0 Å². The summed E-state index contributed by atoms with van der Waals surface area (Å²) < 4.78 is 0. The van der Waals surface area contributed by atoms with E-state index in [4.69, 9.17) is 7.85 Å². The number of pyridine rings is 1. The molecule has 2 radical (unpaired) electrons. The number of amides is 3. The lowest BCUT2D eigenvalue weighted by atomic mass is 9.72. The predicted molar refractivity (Wildman–Crippen MR) is 85.2 cm³/mol. The number of aromatic nitrogens is 1. The summed E-state index contributed by atoms with van der Waals surface area (Å²) in [6, 6.07) is 3.59. The van der Waals surface area contributed by atoms with Crippen molar-refractivity contribution in [1.29, 1.82) is 0 Å². The van der Waals surface area contributed by atoms with Crippen LogP contribution in [0, 0.1) is 6.92 Å². The van der Waals surface area contributed by atoms with E-state index < -0.39 is 35.4 Å². The van der Waals surface area contributed by atoms with Gasteiger partial charge in [-0.15, -0.1) is 11.3 Å². The van der Waals surface area contributed by atoms with Gasteiger partial charge < -0.3 is 15.5 Å². The number of nitrogens with one attached hydrogen (secondary N) is 2. The van der Waals surface area contributed by atoms with Crippen molar-refractivity contribution in [3.05, 3.63) is 28.1 Å². The Hall–Kier alpha value is -2.30. The third kappa shape index (κ3) is 2.68. The highest BCUT2D eigenvalue weighted by Gasteiger charge is 2.52. The summed E-state index contributed by atoms with van der Waals surface area (Å²) in [6.45, 7) is 1.76. The molecule has 4 N–H and O–H groups in total. The molecule has 3 amide bonds. The summed E-state index contributed by atoms with van der Waals surface area (Å²) in [5.41, 5.74) is -3.88. The van der Waals surface area contributed by atoms with Gasteiger partial charge in [0.1, 0.15) is 18.2 Å². The van der Waals surface area contributed by atoms with Gasteiger partial charge in [0.25, 0.3) is 11.8 Å². The van der Waals surface area contributed by atoms with Gasteiger partial charge in [-0.05, 0) is 13.0 Å². The first kappa shape index (κ1) is 16.6. The molecule has 8 nitrogen and oxygen atoms in total. The second kappa shape index (κ2) is 5.37. The number of aliphatic hydroxyl groups is 2. The molecule has 122 valence electrons. The number of carbonyl (C=O) groups excluding carboxylic acids is 3. The molecule has 1 aliphatic heterocycles. The van der Waals surface area contributed by atoms with E-state index >= 15 is 0 Å². The molecule has 1 aliphatic rings. The Labute approximate surface area is 141 Å². The zero-order valence-corrected chi connectivity index (χ0v) is 13.3. The Balaban J connectivity index is 1.92. The van der Waals surface area contributed by atoms with Crippen molar-refractivity contribution < 1.29 is 24.6 Å². The molecule has 1 saturated heterocycles. The van der Waals surface area contributed by atoms with Crippen molar-refractivity contribution in [2.45, 2.75) is 24.6 Å². The average Bonchev–Trinajstić information content (AvgIpc) is 2.88. The molecule has 24 heavy (non-hydrogen) atoms. The summed E-state index contributed by atoms with van der Waals surface area (Å²) in [5.74, 6) is -3.08. The minimum absolute atomic E-state index is 0.187. The Morgan fingerprint density at radius 3 is 2.79 bits per heavy atom. The maximum Gasteiger partial charge on any atom is 0.279 e. The molecule has 2 aromatic heterocycles. The van der Waals surface area contributed by atoms with Gasteiger partial charge in [0.05, 0.1) is 5.52 Å². The average molecular weight is 345 g/mol. The topological polar surface area (TPSA) is 129 Å². The quantitative estimate of drug-likeness (QED) is 0.312. The number of carbonyl (C=O) groups is 3. The van der Waals surface area contributed by atoms with Crippen LogP contribution in [0.4, 0.5) is 0 Å². The fourth-order valence-electron chi connectivity index (χ4n) is 2.39. The highest BCUT2D eigenvalue weighted by Crippen LogP contribution is 2.27. The molecule has 0 aliphatic carbocycles. The molecular formula is C14H12BN3O5S. The van der Waals surface area contributed by atoms with E-state index in [9.17, 15) is 24.6 Å². The molecule has 0 spiro atoms. The largest absolute Gasteiger partial charge is 0.390 e. The highest BCUT2D eigenvalue weighted by atomic mass is 32.1. The molecule has 2 aromatic rings. The summed E-state index contributed by atoms with van der Waals surface area (Å²) in [7, 11) is 5.33. The van der Waals surface area contributed by atoms with Crippen molar-refractivity contribution in [2.24, 2.45) is 0 Å². The van der Waals surface area contributed by atoms with Crippen LogP contribution in [0.15, 0.2) is 17.5 Å². The number of nitrogens with zero attached hydrogens (tertiary/aromatic N) is 1. The highest BCUT2D eigenvalue weighted by molar-refractivity contribution is 7.13. The van der Waals surface area contributed by atoms with Crippen LogP contribution in [0.25, 0.3) is 10.9 Å². The lowest BCUT2D eigenvalue weighted by Gasteiger charge is -2.38. The van der Waals surface area contributed by atoms with Gasteiger partial charge in [0.2, 0.25) is 11.6 Å². The molecule has 0 bridgehead atoms. The SMILES string of the molecule is [B]C1(O)CC(O)(NC(=O)c2scc3ccc(C)nc23)C(=O)NC1=O. The standard InChI is InChI=1S/C14H12BN3O5S/c1-6-2-3-7-4-24-9(8(7)16-6)10(19)18-14(23)5-13(15,22)11(20)17-12(14)21/h2-4,22-23H,5H2,1H3,(H,18,19)(H,17,20,21). The van der Waals surface area contributed by atoms with Crippen LogP contribution in [0.5, 0.6) is 0 Å². The number of piperidine rings is 1. The first-order valence-corrected chi connectivity index (χ1v) is 7.77. The van der Waals surface area contributed by atoms with Gasteiger partial charge in [-0.1, -0.05) is 6.07 Å². The minimum Gasteiger partial charge on any atom is -0.390 e. The molecular weight excluding hydrogens is 333 g/mol. The van der Waals surface area contributed by atoms with E-state index in [1.807, 2.05) is 0 Å². The second-order valence-electron chi connectivity index (χ2n) is 5.65. The lowest BCUT2D eigenvalue weighted by Crippen LogP contribution is -2.71. The zero-order valence-electron chi connectivity index (χ0n) is 12.5. The summed E-state index contributed by atoms with van der Waals surface area (Å²) in [6.07, 6.45) is -0.869. The van der Waals surface area contributed by atoms with Gasteiger partial charge in [-0.3, -0.25) is 24.7 Å². The Bertz CT molecular complexity index is 880. The normalized spacial score (nSPS) is 27.1. The van der Waals surface area contributed by atoms with Crippen molar-refractivity contribution in [3.63, 3.8) is 0 Å². The van der Waals surface area contributed by atoms with Crippen LogP contribution in [-0.2, 0) is 9.59 Å². The summed E-state index contributed by atoms with van der Waals surface area (Å²) in [4.78, 5) is 40.2. The Morgan fingerprint density at radius 1 is 1.38 bits per heavy atom. The van der Waals surface area contributed by atoms with Crippen molar-refractivity contribution >= 4 is 47.8 Å². The van der Waals surface area contributed by atoms with Crippen LogP contribution in [0.1, 0.15) is 21.8 Å². The first-order chi connectivity index (χ1) is 11.1. The third-order valence-corrected chi connectivity index (χ3v) is 4.62. The molecule has 3 heterocycles. The fraction of sp³-hybridized carbons (Fsp3) is 0.286. The lowest BCUT2D eigenvalue weighted by molar-refractivity contribution is -0.164. The molecule has 2 atom stereocenters. The van der Waals surface area contributed by atoms with E-state index in [2.05, 4.69) is 10.3 Å². The predicted octanol–water partition coefficient (Wildman–Crippen LogP) is -1.07. The number of rotatable bonds is 2. The molecule has 3 rings (SSSR count). The van der Waals surface area contributed by atoms with Crippen LogP contribution in [-0.4, -0.2) is 52.0 Å². The number of hydrogen-bond donors (Lipinski definition) is 4. The third-order valence-electron chi connectivity index (χ3n) is 3.63. The second-order valence-corrected chi connectivity index (χ2v) is 6.53. The van der Waals surface area contributed by atoms with E-state index in [1.165, 1.54) is 0 Å². The van der Waals surface area contributed by atoms with Crippen LogP contribution in [0.2, 0.25) is 0 Å². The molecule has 2 unspecified atom stereocenters. The smallest absolute Gasteiger partial charge is 0.279 e. The van der Waals surface area contributed by atoms with E-state index in [0.29, 0.717) is 11.2 Å². The Morgan fingerprint density at radius 2 is 2.08 bits per heavy atom. The minimum atomic E-state index is -2.52. The maximum absolute atomic E-state index is 12.5. The van der Waals surface area contributed by atoms with Crippen molar-refractivity contribution in [3.8, 4) is 0 Å². The fourth-order valence-corrected chi connectivity index (χ4v) is 3.26. The van der Waals surface area contributed by atoms with Crippen molar-refractivity contribution in [2.75, 3.05) is 0 Å². The van der Waals surface area contributed by atoms with Crippen LogP contribution < -0.4 is 10.6 Å². The van der Waals surface area contributed by atoms with E-state index in [0.717, 1.165) is 16.7 Å². The van der Waals surface area contributed by atoms with Gasteiger partial charge in [0.15, 0.2) is 0 Å². The number of hydrogen-bond acceptors (Lipinski definition) is 7. The number of imide groups is 1. The molecule has 0 aromatic carbocycles. The van der Waals surface area contributed by atoms with Gasteiger partial charge in [0, 0.05) is 22.9 Å². The number of thiophene rings is 1.